The van der Waals surface area contributed by atoms with E-state index in [1.807, 2.05) is 30.3 Å². The lowest BCUT2D eigenvalue weighted by Gasteiger charge is -2.26. The first kappa shape index (κ1) is 20.0. The number of amides is 1. The minimum absolute atomic E-state index is 0.0528. The molecule has 2 heterocycles. The van der Waals surface area contributed by atoms with Crippen LogP contribution >= 0.6 is 0 Å². The zero-order chi connectivity index (χ0) is 19.3. The second-order valence-electron chi connectivity index (χ2n) is 8.06. The molecule has 1 aliphatic carbocycles. The van der Waals surface area contributed by atoms with Gasteiger partial charge in [-0.15, -0.1) is 0 Å². The van der Waals surface area contributed by atoms with E-state index >= 15 is 0 Å². The minimum Gasteiger partial charge on any atom is -0.369 e. The van der Waals surface area contributed by atoms with Gasteiger partial charge in [-0.3, -0.25) is 9.59 Å². The van der Waals surface area contributed by atoms with Crippen LogP contribution in [0, 0.1) is 11.3 Å². The van der Waals surface area contributed by atoms with E-state index in [1.165, 1.54) is 12.8 Å². The summed E-state index contributed by atoms with van der Waals surface area (Å²) in [4.78, 5) is 24.9. The Labute approximate surface area is 162 Å². The number of nitrogens with one attached hydrogen (secondary N) is 2. The fourth-order valence-corrected chi connectivity index (χ4v) is 4.72. The molecule has 0 radical (unpaired) electrons. The van der Waals surface area contributed by atoms with E-state index in [0.717, 1.165) is 18.4 Å². The minimum atomic E-state index is -0.374. The summed E-state index contributed by atoms with van der Waals surface area (Å²) in [5.41, 5.74) is 0.686. The predicted octanol–water partition coefficient (Wildman–Crippen LogP) is 2.84. The molecule has 0 aromatic heterocycles. The highest BCUT2D eigenvalue weighted by molar-refractivity contribution is 5.91. The fraction of sp³-hybridized carbons (Fsp3) is 0.636. The Morgan fingerprint density at radius 1 is 1.22 bits per heavy atom. The monoisotopic (exact) mass is 372 g/mol. The van der Waals surface area contributed by atoms with Gasteiger partial charge in [0, 0.05) is 12.6 Å². The average molecular weight is 373 g/mol. The maximum atomic E-state index is 12.5. The molecule has 1 aromatic carbocycles. The Balaban J connectivity index is 0.000000659. The summed E-state index contributed by atoms with van der Waals surface area (Å²) in [6, 6.07) is 9.90. The Morgan fingerprint density at radius 2 is 1.96 bits per heavy atom. The van der Waals surface area contributed by atoms with Crippen LogP contribution < -0.4 is 10.6 Å². The average Bonchev–Trinajstić information content (AvgIpc) is 3.36. The summed E-state index contributed by atoms with van der Waals surface area (Å²) in [5.74, 6) is 0.586. The molecule has 3 fully saturated rings. The second kappa shape index (κ2) is 8.98. The summed E-state index contributed by atoms with van der Waals surface area (Å²) < 4.78 is 5.57. The van der Waals surface area contributed by atoms with E-state index in [1.54, 1.807) is 0 Å². The highest BCUT2D eigenvalue weighted by Crippen LogP contribution is 2.49. The van der Waals surface area contributed by atoms with Gasteiger partial charge >= 0.3 is 0 Å². The highest BCUT2D eigenvalue weighted by atomic mass is 16.5. The van der Waals surface area contributed by atoms with E-state index in [4.69, 9.17) is 4.74 Å². The van der Waals surface area contributed by atoms with Crippen LogP contribution in [0.3, 0.4) is 0 Å². The van der Waals surface area contributed by atoms with Gasteiger partial charge in [0.15, 0.2) is 5.78 Å². The van der Waals surface area contributed by atoms with Crippen LogP contribution in [0.1, 0.15) is 51.5 Å². The first-order valence-electron chi connectivity index (χ1n) is 10.3. The largest absolute Gasteiger partial charge is 0.369 e. The van der Waals surface area contributed by atoms with Crippen molar-refractivity contribution >= 4 is 11.7 Å². The molecule has 2 N–H and O–H groups in total. The smallest absolute Gasteiger partial charge is 0.228 e. The third-order valence-corrected chi connectivity index (χ3v) is 5.97. The third kappa shape index (κ3) is 4.25. The number of benzene rings is 1. The van der Waals surface area contributed by atoms with Gasteiger partial charge in [-0.05, 0) is 30.7 Å². The number of hydrogen-bond acceptors (Lipinski definition) is 4. The molecule has 1 saturated carbocycles. The Hall–Kier alpha value is -1.72. The third-order valence-electron chi connectivity index (χ3n) is 5.97. The van der Waals surface area contributed by atoms with Crippen LogP contribution in [0.15, 0.2) is 30.3 Å². The van der Waals surface area contributed by atoms with E-state index in [2.05, 4.69) is 24.5 Å². The molecule has 27 heavy (non-hydrogen) atoms. The van der Waals surface area contributed by atoms with Crippen molar-refractivity contribution in [3.8, 4) is 0 Å². The number of carbonyl (C=O) groups excluding carboxylic acids is 2. The van der Waals surface area contributed by atoms with Crippen molar-refractivity contribution in [1.82, 2.24) is 10.6 Å². The summed E-state index contributed by atoms with van der Waals surface area (Å²) in [7, 11) is 0. The van der Waals surface area contributed by atoms with Crippen molar-refractivity contribution in [2.75, 3.05) is 13.2 Å². The maximum absolute atomic E-state index is 12.5. The van der Waals surface area contributed by atoms with Crippen LogP contribution in [-0.4, -0.2) is 36.9 Å². The zero-order valence-corrected chi connectivity index (χ0v) is 16.5. The quantitative estimate of drug-likeness (QED) is 0.834. The normalized spacial score (nSPS) is 31.3. The molecular weight excluding hydrogens is 340 g/mol. The first-order valence-corrected chi connectivity index (χ1v) is 10.3. The topological polar surface area (TPSA) is 67.4 Å². The molecule has 1 aromatic rings. The van der Waals surface area contributed by atoms with Gasteiger partial charge in [0.2, 0.25) is 5.91 Å². The molecule has 1 spiro atoms. The van der Waals surface area contributed by atoms with Crippen LogP contribution in [0.5, 0.6) is 0 Å². The van der Waals surface area contributed by atoms with Gasteiger partial charge in [0.1, 0.15) is 6.61 Å². The van der Waals surface area contributed by atoms with Gasteiger partial charge in [0.05, 0.1) is 18.1 Å². The van der Waals surface area contributed by atoms with Crippen molar-refractivity contribution < 1.29 is 14.3 Å². The molecule has 5 nitrogen and oxygen atoms in total. The molecule has 5 heteroatoms. The number of rotatable bonds is 5. The van der Waals surface area contributed by atoms with Gasteiger partial charge in [-0.1, -0.05) is 57.0 Å². The Kier molecular flexibility index (Phi) is 6.66. The molecule has 4 atom stereocenters. The number of ether oxygens (including phenoxy) is 1. The molecule has 4 unspecified atom stereocenters. The standard InChI is InChI=1S/C19H24N2O3.C3H8/c22-17(11-24-10-13-5-2-1-3-6-13)16-9-19(12-20-16)14-7-4-8-15(14)21-18(19)23;1-3-2/h1-3,5-6,14-16,20H,4,7-12H2,(H,21,23);3H2,1-2H3. The number of Topliss-reactive ketones (excluding diaryl/α,β-unsaturated/α-hetero) is 1. The first-order chi connectivity index (χ1) is 13.1. The van der Waals surface area contributed by atoms with E-state index in [0.29, 0.717) is 31.5 Å². The highest BCUT2D eigenvalue weighted by Gasteiger charge is 2.59. The van der Waals surface area contributed by atoms with Crippen LogP contribution in [0.4, 0.5) is 0 Å². The Bertz CT molecular complexity index is 648. The number of ketones is 1. The molecule has 2 aliphatic heterocycles. The molecule has 0 bridgehead atoms. The molecular formula is C22H32N2O3. The van der Waals surface area contributed by atoms with E-state index in [-0.39, 0.29) is 29.8 Å². The van der Waals surface area contributed by atoms with Crippen LogP contribution in [0.2, 0.25) is 0 Å². The van der Waals surface area contributed by atoms with Crippen molar-refractivity contribution in [1.29, 1.82) is 0 Å². The number of hydrogen-bond donors (Lipinski definition) is 2. The molecule has 2 saturated heterocycles. The lowest BCUT2D eigenvalue weighted by molar-refractivity contribution is -0.128. The summed E-state index contributed by atoms with van der Waals surface area (Å²) >= 11 is 0. The summed E-state index contributed by atoms with van der Waals surface area (Å²) in [6.45, 7) is 5.41. The zero-order valence-electron chi connectivity index (χ0n) is 16.5. The molecule has 1 amide bonds. The summed E-state index contributed by atoms with van der Waals surface area (Å²) in [5, 5.41) is 6.44. The van der Waals surface area contributed by atoms with Crippen LogP contribution in [0.25, 0.3) is 0 Å². The van der Waals surface area contributed by atoms with Crippen LogP contribution in [-0.2, 0) is 20.9 Å². The van der Waals surface area contributed by atoms with Crippen molar-refractivity contribution in [2.45, 2.75) is 64.6 Å². The van der Waals surface area contributed by atoms with Gasteiger partial charge in [0.25, 0.3) is 0 Å². The van der Waals surface area contributed by atoms with E-state index < -0.39 is 0 Å². The van der Waals surface area contributed by atoms with Crippen molar-refractivity contribution in [3.63, 3.8) is 0 Å². The van der Waals surface area contributed by atoms with Gasteiger partial charge in [-0.25, -0.2) is 0 Å². The molecule has 148 valence electrons. The Morgan fingerprint density at radius 3 is 2.70 bits per heavy atom. The summed E-state index contributed by atoms with van der Waals surface area (Å²) in [6.07, 6.45) is 5.22. The number of carbonyl (C=O) groups is 2. The maximum Gasteiger partial charge on any atom is 0.228 e. The molecule has 4 rings (SSSR count). The number of fused-ring (bicyclic) bond motifs is 2. The SMILES string of the molecule is CCC.O=C(COCc1ccccc1)C1CC2(CN1)C(=O)NC1CCCC12. The van der Waals surface area contributed by atoms with Gasteiger partial charge < -0.3 is 15.4 Å². The lowest BCUT2D eigenvalue weighted by Crippen LogP contribution is -2.37. The van der Waals surface area contributed by atoms with E-state index in [9.17, 15) is 9.59 Å². The predicted molar refractivity (Wildman–Crippen MR) is 105 cm³/mol. The molecule has 3 aliphatic rings. The van der Waals surface area contributed by atoms with Crippen molar-refractivity contribution in [2.24, 2.45) is 11.3 Å². The lowest BCUT2D eigenvalue weighted by atomic mass is 9.73. The van der Waals surface area contributed by atoms with Gasteiger partial charge in [-0.2, -0.15) is 0 Å². The van der Waals surface area contributed by atoms with Crippen molar-refractivity contribution in [3.05, 3.63) is 35.9 Å². The second-order valence-corrected chi connectivity index (χ2v) is 8.06. The fourth-order valence-electron chi connectivity index (χ4n) is 4.72.